The highest BCUT2D eigenvalue weighted by atomic mass is 16.7. The molecule has 3 unspecified atom stereocenters. The fourth-order valence-electron chi connectivity index (χ4n) is 2.43. The zero-order valence-corrected chi connectivity index (χ0v) is 10.2. The smallest absolute Gasteiger partial charge is 0.157 e. The van der Waals surface area contributed by atoms with Gasteiger partial charge in [0.25, 0.3) is 0 Å². The molecule has 4 heteroatoms. The number of likely N-dealkylation sites (tertiary alicyclic amines) is 1. The van der Waals surface area contributed by atoms with Gasteiger partial charge >= 0.3 is 0 Å². The first-order chi connectivity index (χ1) is 7.75. The molecule has 4 nitrogen and oxygen atoms in total. The van der Waals surface area contributed by atoms with Crippen molar-refractivity contribution in [2.75, 3.05) is 32.8 Å². The molecule has 0 aromatic carbocycles. The quantitative estimate of drug-likeness (QED) is 0.773. The number of hydrogen-bond donors (Lipinski definition) is 1. The summed E-state index contributed by atoms with van der Waals surface area (Å²) in [6.45, 7) is 6.94. The highest BCUT2D eigenvalue weighted by molar-refractivity contribution is 4.83. The highest BCUT2D eigenvalue weighted by Crippen LogP contribution is 2.15. The van der Waals surface area contributed by atoms with Crippen LogP contribution in [0.15, 0.2) is 0 Å². The molecule has 94 valence electrons. The first-order valence-corrected chi connectivity index (χ1v) is 6.47. The molecular formula is C12H24N2O2. The van der Waals surface area contributed by atoms with E-state index in [0.29, 0.717) is 12.0 Å². The van der Waals surface area contributed by atoms with Crippen molar-refractivity contribution in [1.82, 2.24) is 4.90 Å². The second-order valence-corrected chi connectivity index (χ2v) is 5.07. The maximum Gasteiger partial charge on any atom is 0.157 e. The summed E-state index contributed by atoms with van der Waals surface area (Å²) >= 11 is 0. The van der Waals surface area contributed by atoms with Gasteiger partial charge in [-0.2, -0.15) is 0 Å². The van der Waals surface area contributed by atoms with Crippen LogP contribution >= 0.6 is 0 Å². The van der Waals surface area contributed by atoms with Crippen LogP contribution in [-0.4, -0.2) is 50.1 Å². The Hall–Kier alpha value is -0.160. The third-order valence-electron chi connectivity index (χ3n) is 3.60. The Labute approximate surface area is 98.1 Å². The van der Waals surface area contributed by atoms with E-state index in [2.05, 4.69) is 11.8 Å². The van der Waals surface area contributed by atoms with Crippen LogP contribution in [0.5, 0.6) is 0 Å². The summed E-state index contributed by atoms with van der Waals surface area (Å²) in [4.78, 5) is 2.39. The summed E-state index contributed by atoms with van der Waals surface area (Å²) in [6, 6.07) is 0.339. The van der Waals surface area contributed by atoms with E-state index in [1.54, 1.807) is 0 Å². The van der Waals surface area contributed by atoms with Gasteiger partial charge in [-0.3, -0.25) is 4.90 Å². The van der Waals surface area contributed by atoms with Crippen LogP contribution in [0.25, 0.3) is 0 Å². The standard InChI is InChI=1S/C12H24N2O2/c1-10-8-14(9-11(10)13)5-7-16-12-4-2-3-6-15-12/h10-12H,2-9,13H2,1H3. The number of nitrogens with two attached hydrogens (primary N) is 1. The van der Waals surface area contributed by atoms with Gasteiger partial charge in [0.15, 0.2) is 6.29 Å². The predicted molar refractivity (Wildman–Crippen MR) is 63.1 cm³/mol. The van der Waals surface area contributed by atoms with Crippen LogP contribution in [-0.2, 0) is 9.47 Å². The normalized spacial score (nSPS) is 36.8. The monoisotopic (exact) mass is 228 g/mol. The van der Waals surface area contributed by atoms with Crippen molar-refractivity contribution in [3.63, 3.8) is 0 Å². The molecular weight excluding hydrogens is 204 g/mol. The zero-order chi connectivity index (χ0) is 11.4. The van der Waals surface area contributed by atoms with E-state index >= 15 is 0 Å². The van der Waals surface area contributed by atoms with E-state index in [-0.39, 0.29) is 6.29 Å². The topological polar surface area (TPSA) is 47.7 Å². The molecule has 2 fully saturated rings. The van der Waals surface area contributed by atoms with E-state index < -0.39 is 0 Å². The van der Waals surface area contributed by atoms with Crippen molar-refractivity contribution in [2.45, 2.75) is 38.5 Å². The predicted octanol–water partition coefficient (Wildman–Crippen LogP) is 0.809. The Morgan fingerprint density at radius 2 is 2.25 bits per heavy atom. The Bertz CT molecular complexity index is 197. The van der Waals surface area contributed by atoms with Gasteiger partial charge in [0.1, 0.15) is 0 Å². The molecule has 2 aliphatic heterocycles. The highest BCUT2D eigenvalue weighted by Gasteiger charge is 2.26. The molecule has 0 aromatic heterocycles. The number of nitrogens with zero attached hydrogens (tertiary/aromatic N) is 1. The average Bonchev–Trinajstić information content (AvgIpc) is 2.60. The van der Waals surface area contributed by atoms with Crippen LogP contribution in [0.3, 0.4) is 0 Å². The fourth-order valence-corrected chi connectivity index (χ4v) is 2.43. The first kappa shape index (κ1) is 12.3. The molecule has 2 rings (SSSR count). The lowest BCUT2D eigenvalue weighted by Gasteiger charge is -2.24. The minimum Gasteiger partial charge on any atom is -0.353 e. The van der Waals surface area contributed by atoms with Crippen LogP contribution < -0.4 is 5.73 Å². The van der Waals surface area contributed by atoms with Gasteiger partial charge in [0, 0.05) is 32.3 Å². The second-order valence-electron chi connectivity index (χ2n) is 5.07. The summed E-state index contributed by atoms with van der Waals surface area (Å²) in [5, 5.41) is 0. The fraction of sp³-hybridized carbons (Fsp3) is 1.00. The number of ether oxygens (including phenoxy) is 2. The Kier molecular flexibility index (Phi) is 4.58. The van der Waals surface area contributed by atoms with E-state index in [1.165, 1.54) is 12.8 Å². The molecule has 2 aliphatic rings. The van der Waals surface area contributed by atoms with Gasteiger partial charge in [0.05, 0.1) is 6.61 Å². The lowest BCUT2D eigenvalue weighted by atomic mass is 10.1. The lowest BCUT2D eigenvalue weighted by molar-refractivity contribution is -0.163. The molecule has 0 saturated carbocycles. The van der Waals surface area contributed by atoms with Crippen molar-refractivity contribution in [3.8, 4) is 0 Å². The number of hydrogen-bond acceptors (Lipinski definition) is 4. The number of rotatable bonds is 4. The summed E-state index contributed by atoms with van der Waals surface area (Å²) in [6.07, 6.45) is 3.51. The summed E-state index contributed by atoms with van der Waals surface area (Å²) in [7, 11) is 0. The van der Waals surface area contributed by atoms with Gasteiger partial charge in [-0.05, 0) is 25.2 Å². The maximum atomic E-state index is 5.98. The third kappa shape index (κ3) is 3.42. The molecule has 0 aromatic rings. The van der Waals surface area contributed by atoms with Gasteiger partial charge in [0.2, 0.25) is 0 Å². The third-order valence-corrected chi connectivity index (χ3v) is 3.60. The van der Waals surface area contributed by atoms with Gasteiger partial charge in [-0.1, -0.05) is 6.92 Å². The van der Waals surface area contributed by atoms with Crippen LogP contribution in [0, 0.1) is 5.92 Å². The molecule has 0 amide bonds. The molecule has 0 bridgehead atoms. The van der Waals surface area contributed by atoms with Gasteiger partial charge < -0.3 is 15.2 Å². The average molecular weight is 228 g/mol. The van der Waals surface area contributed by atoms with Crippen molar-refractivity contribution in [3.05, 3.63) is 0 Å². The molecule has 0 spiro atoms. The zero-order valence-electron chi connectivity index (χ0n) is 10.2. The van der Waals surface area contributed by atoms with Crippen molar-refractivity contribution in [1.29, 1.82) is 0 Å². The van der Waals surface area contributed by atoms with E-state index in [1.807, 2.05) is 0 Å². The molecule has 0 radical (unpaired) electrons. The van der Waals surface area contributed by atoms with Crippen LogP contribution in [0.1, 0.15) is 26.2 Å². The summed E-state index contributed by atoms with van der Waals surface area (Å²) in [5.41, 5.74) is 5.98. The molecule has 16 heavy (non-hydrogen) atoms. The summed E-state index contributed by atoms with van der Waals surface area (Å²) in [5.74, 6) is 0.617. The largest absolute Gasteiger partial charge is 0.353 e. The molecule has 2 saturated heterocycles. The Morgan fingerprint density at radius 1 is 1.38 bits per heavy atom. The van der Waals surface area contributed by atoms with Crippen LogP contribution in [0.2, 0.25) is 0 Å². The lowest BCUT2D eigenvalue weighted by Crippen LogP contribution is -2.31. The Balaban J connectivity index is 1.57. The molecule has 2 N–H and O–H groups in total. The first-order valence-electron chi connectivity index (χ1n) is 6.47. The van der Waals surface area contributed by atoms with E-state index in [4.69, 9.17) is 15.2 Å². The van der Waals surface area contributed by atoms with Crippen LogP contribution in [0.4, 0.5) is 0 Å². The molecule has 2 heterocycles. The molecule has 3 atom stereocenters. The van der Waals surface area contributed by atoms with Crippen molar-refractivity contribution < 1.29 is 9.47 Å². The van der Waals surface area contributed by atoms with E-state index in [9.17, 15) is 0 Å². The maximum absolute atomic E-state index is 5.98. The minimum atomic E-state index is 0.0439. The minimum absolute atomic E-state index is 0.0439. The van der Waals surface area contributed by atoms with Crippen molar-refractivity contribution >= 4 is 0 Å². The SMILES string of the molecule is CC1CN(CCOC2CCCCO2)CC1N. The van der Waals surface area contributed by atoms with Gasteiger partial charge in [-0.25, -0.2) is 0 Å². The van der Waals surface area contributed by atoms with Crippen molar-refractivity contribution in [2.24, 2.45) is 11.7 Å². The Morgan fingerprint density at radius 3 is 2.88 bits per heavy atom. The van der Waals surface area contributed by atoms with Gasteiger partial charge in [-0.15, -0.1) is 0 Å². The molecule has 0 aliphatic carbocycles. The summed E-state index contributed by atoms with van der Waals surface area (Å²) < 4.78 is 11.2. The van der Waals surface area contributed by atoms with E-state index in [0.717, 1.165) is 39.3 Å². The second kappa shape index (κ2) is 5.96.